The molecule has 0 saturated heterocycles. The number of rotatable bonds is 1. The van der Waals surface area contributed by atoms with E-state index in [1.54, 1.807) is 0 Å². The van der Waals surface area contributed by atoms with Gasteiger partial charge in [0.15, 0.2) is 0 Å². The Kier molecular flexibility index (Phi) is 195. The van der Waals surface area contributed by atoms with E-state index in [4.69, 9.17) is 0 Å². The summed E-state index contributed by atoms with van der Waals surface area (Å²) in [5, 5.41) is 0. The molecule has 0 amide bonds. The molecule has 0 rings (SSSR count). The zero-order chi connectivity index (χ0) is 13.0. The lowest BCUT2D eigenvalue weighted by Crippen LogP contribution is -1.43. The Labute approximate surface area is 92.0 Å². The standard InChI is InChI=1S/C4H8.C3H5N.2C2H6.C2H4/c1-4(2)3;1-3-4-2;3*1-2/h1H2,2-3H3;3H,1-2H2;2*1-2H3;1-2H2. The summed E-state index contributed by atoms with van der Waals surface area (Å²) in [5.74, 6) is 0. The van der Waals surface area contributed by atoms with Crippen molar-refractivity contribution in [3.8, 4) is 0 Å². The van der Waals surface area contributed by atoms with Crippen molar-refractivity contribution in [1.29, 1.82) is 0 Å². The van der Waals surface area contributed by atoms with Gasteiger partial charge in [-0.1, -0.05) is 39.8 Å². The lowest BCUT2D eigenvalue weighted by molar-refractivity contribution is 1.42. The first kappa shape index (κ1) is 29.3. The number of aliphatic imine (C=N–C) groups is 1. The van der Waals surface area contributed by atoms with Crippen LogP contribution >= 0.6 is 0 Å². The zero-order valence-electron chi connectivity index (χ0n) is 11.1. The summed E-state index contributed by atoms with van der Waals surface area (Å²) >= 11 is 0. The first-order valence-electron chi connectivity index (χ1n) is 4.84. The van der Waals surface area contributed by atoms with E-state index in [-0.39, 0.29) is 0 Å². The molecule has 1 nitrogen and oxygen atoms in total. The maximum Gasteiger partial charge on any atom is 0.0188 e. The molecule has 0 aromatic carbocycles. The highest BCUT2D eigenvalue weighted by Gasteiger charge is 1.51. The van der Waals surface area contributed by atoms with E-state index in [9.17, 15) is 0 Å². The fourth-order valence-electron chi connectivity index (χ4n) is 0. The summed E-state index contributed by atoms with van der Waals surface area (Å²) in [6, 6.07) is 0. The molecule has 0 aliphatic rings. The van der Waals surface area contributed by atoms with Crippen LogP contribution < -0.4 is 0 Å². The average Bonchev–Trinajstić information content (AvgIpc) is 2.25. The van der Waals surface area contributed by atoms with Gasteiger partial charge in [0.1, 0.15) is 0 Å². The second-order valence-corrected chi connectivity index (χ2v) is 1.57. The largest absolute Gasteiger partial charge is 0.273 e. The third kappa shape index (κ3) is 88000. The quantitative estimate of drug-likeness (QED) is 0.403. The van der Waals surface area contributed by atoms with E-state index in [0.29, 0.717) is 0 Å². The minimum absolute atomic E-state index is 1.17. The number of hydrogen-bond donors (Lipinski definition) is 0. The van der Waals surface area contributed by atoms with Crippen molar-refractivity contribution >= 4 is 6.72 Å². The van der Waals surface area contributed by atoms with Crippen LogP contribution in [0.2, 0.25) is 0 Å². The fourth-order valence-corrected chi connectivity index (χ4v) is 0. The van der Waals surface area contributed by atoms with Crippen LogP contribution in [0.15, 0.2) is 43.1 Å². The third-order valence-electron chi connectivity index (χ3n) is 0.129. The Balaban J connectivity index is -0.0000000255. The van der Waals surface area contributed by atoms with Gasteiger partial charge >= 0.3 is 0 Å². The van der Waals surface area contributed by atoms with Gasteiger partial charge in [0, 0.05) is 6.20 Å². The molecule has 0 heterocycles. The van der Waals surface area contributed by atoms with Crippen molar-refractivity contribution in [2.45, 2.75) is 41.5 Å². The highest BCUT2D eigenvalue weighted by Crippen LogP contribution is 1.73. The molecule has 0 unspecified atom stereocenters. The molecule has 1 heteroatoms. The van der Waals surface area contributed by atoms with Crippen molar-refractivity contribution in [1.82, 2.24) is 0 Å². The van der Waals surface area contributed by atoms with Crippen LogP contribution in [-0.4, -0.2) is 6.72 Å². The van der Waals surface area contributed by atoms with Crippen LogP contribution in [-0.2, 0) is 0 Å². The van der Waals surface area contributed by atoms with Crippen molar-refractivity contribution in [3.05, 3.63) is 38.1 Å². The molecule has 0 bridgehead atoms. The molecule has 0 saturated carbocycles. The molecular weight excluding hydrogens is 170 g/mol. The van der Waals surface area contributed by atoms with Gasteiger partial charge in [-0.15, -0.1) is 19.7 Å². The monoisotopic (exact) mass is 199 g/mol. The Bertz CT molecular complexity index is 83.4. The van der Waals surface area contributed by atoms with Gasteiger partial charge in [0.25, 0.3) is 0 Å². The summed E-state index contributed by atoms with van der Waals surface area (Å²) in [7, 11) is 0. The SMILES string of the molecule is C=C.C=C(C)C.C=CN=C.CC.CC. The Morgan fingerprint density at radius 2 is 1.07 bits per heavy atom. The first-order valence-corrected chi connectivity index (χ1v) is 4.84. The van der Waals surface area contributed by atoms with Crippen molar-refractivity contribution in [2.24, 2.45) is 4.99 Å². The second kappa shape index (κ2) is 93.2. The minimum Gasteiger partial charge on any atom is -0.273 e. The maximum absolute atomic E-state index is 3.56. The van der Waals surface area contributed by atoms with E-state index in [2.05, 4.69) is 38.0 Å². The molecule has 0 aliphatic carbocycles. The third-order valence-corrected chi connectivity index (χ3v) is 0.129. The minimum atomic E-state index is 1.17. The van der Waals surface area contributed by atoms with Crippen molar-refractivity contribution in [2.75, 3.05) is 0 Å². The molecule has 0 aromatic heterocycles. The lowest BCUT2D eigenvalue weighted by Gasteiger charge is -1.65. The number of allylic oxidation sites excluding steroid dienone is 1. The summed E-state index contributed by atoms with van der Waals surface area (Å²) < 4.78 is 0. The maximum atomic E-state index is 3.56. The van der Waals surface area contributed by atoms with E-state index in [1.807, 2.05) is 41.5 Å². The molecule has 0 N–H and O–H groups in total. The Morgan fingerprint density at radius 3 is 1.07 bits per heavy atom. The normalized spacial score (nSPS) is 4.43. The van der Waals surface area contributed by atoms with E-state index in [0.717, 1.165) is 0 Å². The smallest absolute Gasteiger partial charge is 0.0188 e. The van der Waals surface area contributed by atoms with Gasteiger partial charge in [-0.2, -0.15) is 0 Å². The molecule has 86 valence electrons. The van der Waals surface area contributed by atoms with Crippen LogP contribution in [0, 0.1) is 0 Å². The van der Waals surface area contributed by atoms with Gasteiger partial charge in [-0.25, -0.2) is 0 Å². The molecular formula is C13H29N. The first-order chi connectivity index (χ1) is 6.65. The van der Waals surface area contributed by atoms with Crippen LogP contribution in [0.1, 0.15) is 41.5 Å². The molecule has 14 heavy (non-hydrogen) atoms. The molecule has 0 radical (unpaired) electrons. The molecule has 0 spiro atoms. The summed E-state index contributed by atoms with van der Waals surface area (Å²) in [5.41, 5.74) is 1.17. The van der Waals surface area contributed by atoms with Crippen molar-refractivity contribution < 1.29 is 0 Å². The summed E-state index contributed by atoms with van der Waals surface area (Å²) in [4.78, 5) is 3.25. The zero-order valence-corrected chi connectivity index (χ0v) is 11.1. The number of hydrogen-bond acceptors (Lipinski definition) is 1. The fraction of sp³-hybridized carbons (Fsp3) is 0.462. The predicted molar refractivity (Wildman–Crippen MR) is 74.2 cm³/mol. The predicted octanol–water partition coefficient (Wildman–Crippen LogP) is 5.27. The average molecular weight is 199 g/mol. The van der Waals surface area contributed by atoms with Gasteiger partial charge in [0.2, 0.25) is 0 Å². The molecule has 0 aliphatic heterocycles. The van der Waals surface area contributed by atoms with Crippen molar-refractivity contribution in [3.63, 3.8) is 0 Å². The van der Waals surface area contributed by atoms with Crippen LogP contribution in [0.3, 0.4) is 0 Å². The topological polar surface area (TPSA) is 12.4 Å². The molecule has 0 atom stereocenters. The van der Waals surface area contributed by atoms with Crippen LogP contribution in [0.5, 0.6) is 0 Å². The van der Waals surface area contributed by atoms with Gasteiger partial charge in [-0.3, -0.25) is 4.99 Å². The number of nitrogens with zero attached hydrogens (tertiary/aromatic N) is 1. The van der Waals surface area contributed by atoms with Crippen LogP contribution in [0.25, 0.3) is 0 Å². The Hall–Kier alpha value is -1.11. The Morgan fingerprint density at radius 1 is 1.00 bits per heavy atom. The van der Waals surface area contributed by atoms with Crippen LogP contribution in [0.4, 0.5) is 0 Å². The van der Waals surface area contributed by atoms with Gasteiger partial charge < -0.3 is 0 Å². The summed E-state index contributed by atoms with van der Waals surface area (Å²) in [6.07, 6.45) is 1.39. The van der Waals surface area contributed by atoms with E-state index in [1.165, 1.54) is 11.8 Å². The summed E-state index contributed by atoms with van der Waals surface area (Å²) in [6.45, 7) is 27.9. The van der Waals surface area contributed by atoms with Gasteiger partial charge in [-0.05, 0) is 20.6 Å². The molecule has 0 aromatic rings. The second-order valence-electron chi connectivity index (χ2n) is 1.57. The van der Waals surface area contributed by atoms with E-state index < -0.39 is 0 Å². The lowest BCUT2D eigenvalue weighted by atomic mass is 10.4. The molecule has 0 fully saturated rings. The van der Waals surface area contributed by atoms with E-state index >= 15 is 0 Å². The highest BCUT2D eigenvalue weighted by molar-refractivity contribution is 5.24. The van der Waals surface area contributed by atoms with Gasteiger partial charge in [0.05, 0.1) is 0 Å². The highest BCUT2D eigenvalue weighted by atomic mass is 14.6.